The van der Waals surface area contributed by atoms with Crippen LogP contribution in [0.1, 0.15) is 13.3 Å². The molecular weight excluding hydrogens is 382 g/mol. The average molecular weight is 409 g/mol. The van der Waals surface area contributed by atoms with Crippen LogP contribution in [0, 0.1) is 0 Å². The van der Waals surface area contributed by atoms with Crippen molar-refractivity contribution >= 4 is 28.4 Å². The second-order valence-electron chi connectivity index (χ2n) is 7.11. The molecule has 0 aliphatic carbocycles. The van der Waals surface area contributed by atoms with Crippen LogP contribution >= 0.6 is 0 Å². The molecule has 0 bridgehead atoms. The number of carbonyl (C=O) groups excluding carboxylic acids is 1. The summed E-state index contributed by atoms with van der Waals surface area (Å²) in [7, 11) is 1.64. The summed E-state index contributed by atoms with van der Waals surface area (Å²) in [4.78, 5) is 14.7. The van der Waals surface area contributed by atoms with Gasteiger partial charge in [-0.2, -0.15) is 0 Å². The Hall–Kier alpha value is -3.26. The summed E-state index contributed by atoms with van der Waals surface area (Å²) in [5.41, 5.74) is 2.86. The molecule has 0 radical (unpaired) electrons. The van der Waals surface area contributed by atoms with Gasteiger partial charge in [-0.15, -0.1) is 5.10 Å². The molecule has 158 valence electrons. The van der Waals surface area contributed by atoms with Crippen LogP contribution in [-0.4, -0.2) is 55.8 Å². The van der Waals surface area contributed by atoms with Crippen molar-refractivity contribution < 1.29 is 14.3 Å². The minimum Gasteiger partial charge on any atom is -0.497 e. The van der Waals surface area contributed by atoms with Crippen molar-refractivity contribution in [2.45, 2.75) is 13.3 Å². The minimum atomic E-state index is -0.255. The number of nitrogens with one attached hydrogen (secondary N) is 2. The lowest BCUT2D eigenvalue weighted by molar-refractivity contribution is 0.123. The number of morpholine rings is 1. The van der Waals surface area contributed by atoms with Gasteiger partial charge in [-0.3, -0.25) is 5.32 Å². The summed E-state index contributed by atoms with van der Waals surface area (Å²) in [6, 6.07) is 13.6. The monoisotopic (exact) mass is 409 g/mol. The molecule has 8 heteroatoms. The summed E-state index contributed by atoms with van der Waals surface area (Å²) in [5, 5.41) is 11.5. The third-order valence-corrected chi connectivity index (χ3v) is 5.12. The number of nitrogens with zero attached hydrogens (tertiary/aromatic N) is 3. The van der Waals surface area contributed by atoms with Gasteiger partial charge >= 0.3 is 6.03 Å². The van der Waals surface area contributed by atoms with Crippen LogP contribution in [0.3, 0.4) is 0 Å². The first-order chi connectivity index (χ1) is 14.7. The van der Waals surface area contributed by atoms with Gasteiger partial charge in [0.15, 0.2) is 5.82 Å². The second-order valence-corrected chi connectivity index (χ2v) is 7.11. The van der Waals surface area contributed by atoms with E-state index in [4.69, 9.17) is 14.6 Å². The summed E-state index contributed by atoms with van der Waals surface area (Å²) in [6.45, 7) is 5.60. The van der Waals surface area contributed by atoms with E-state index < -0.39 is 0 Å². The molecule has 0 unspecified atom stereocenters. The highest BCUT2D eigenvalue weighted by atomic mass is 16.5. The third kappa shape index (κ3) is 4.04. The molecule has 8 nitrogen and oxygen atoms in total. The molecule has 0 atom stereocenters. The molecule has 1 saturated heterocycles. The summed E-state index contributed by atoms with van der Waals surface area (Å²) in [6.07, 6.45) is 0.869. The molecule has 1 aliphatic heterocycles. The fourth-order valence-electron chi connectivity index (χ4n) is 3.62. The van der Waals surface area contributed by atoms with E-state index >= 15 is 0 Å². The number of anilines is 2. The van der Waals surface area contributed by atoms with Gasteiger partial charge in [0.05, 0.1) is 42.6 Å². The molecule has 2 N–H and O–H groups in total. The first kappa shape index (κ1) is 20.0. The first-order valence-electron chi connectivity index (χ1n) is 10.2. The molecule has 2 aromatic carbocycles. The number of rotatable bonds is 6. The number of methoxy groups -OCH3 is 1. The fraction of sp³-hybridized carbons (Fsp3) is 0.364. The molecule has 2 amide bonds. The zero-order chi connectivity index (χ0) is 20.9. The number of amides is 2. The van der Waals surface area contributed by atoms with Crippen LogP contribution in [0.15, 0.2) is 42.5 Å². The summed E-state index contributed by atoms with van der Waals surface area (Å²) >= 11 is 0. The maximum Gasteiger partial charge on any atom is 0.320 e. The highest BCUT2D eigenvalue weighted by Gasteiger charge is 2.21. The fourth-order valence-corrected chi connectivity index (χ4v) is 3.62. The van der Waals surface area contributed by atoms with Crippen molar-refractivity contribution in [2.75, 3.05) is 50.2 Å². The number of ether oxygens (including phenoxy) is 2. The van der Waals surface area contributed by atoms with E-state index in [0.29, 0.717) is 25.6 Å². The van der Waals surface area contributed by atoms with Crippen LogP contribution in [-0.2, 0) is 4.74 Å². The predicted octanol–water partition coefficient (Wildman–Crippen LogP) is 3.40. The Balaban J connectivity index is 1.80. The summed E-state index contributed by atoms with van der Waals surface area (Å²) < 4.78 is 12.6. The largest absolute Gasteiger partial charge is 0.497 e. The van der Waals surface area contributed by atoms with E-state index in [9.17, 15) is 4.79 Å². The van der Waals surface area contributed by atoms with E-state index in [2.05, 4.69) is 21.6 Å². The minimum absolute atomic E-state index is 0.255. The Morgan fingerprint density at radius 1 is 1.17 bits per heavy atom. The lowest BCUT2D eigenvalue weighted by Gasteiger charge is -2.29. The zero-order valence-electron chi connectivity index (χ0n) is 17.4. The molecule has 2 heterocycles. The van der Waals surface area contributed by atoms with Crippen molar-refractivity contribution in [3.8, 4) is 11.4 Å². The zero-order valence-corrected chi connectivity index (χ0v) is 17.4. The molecule has 3 aromatic rings. The predicted molar refractivity (Wildman–Crippen MR) is 118 cm³/mol. The molecule has 4 rings (SSSR count). The molecule has 1 aliphatic rings. The second kappa shape index (κ2) is 9.04. The number of carbonyl (C=O) groups is 1. The van der Waals surface area contributed by atoms with Gasteiger partial charge in [0.25, 0.3) is 0 Å². The Kier molecular flexibility index (Phi) is 6.04. The van der Waals surface area contributed by atoms with Crippen molar-refractivity contribution in [3.63, 3.8) is 0 Å². The Morgan fingerprint density at radius 2 is 1.93 bits per heavy atom. The molecule has 0 saturated carbocycles. The van der Waals surface area contributed by atoms with Gasteiger partial charge in [0.1, 0.15) is 5.75 Å². The van der Waals surface area contributed by atoms with E-state index in [1.165, 1.54) is 0 Å². The normalized spacial score (nSPS) is 14.0. The van der Waals surface area contributed by atoms with Crippen LogP contribution in [0.5, 0.6) is 5.75 Å². The Morgan fingerprint density at radius 3 is 2.63 bits per heavy atom. The molecule has 1 aromatic heterocycles. The van der Waals surface area contributed by atoms with Crippen LogP contribution < -0.4 is 20.3 Å². The van der Waals surface area contributed by atoms with Crippen molar-refractivity contribution in [3.05, 3.63) is 42.5 Å². The molecular formula is C22H27N5O3. The average Bonchev–Trinajstić information content (AvgIpc) is 3.16. The van der Waals surface area contributed by atoms with Crippen molar-refractivity contribution in [1.29, 1.82) is 0 Å². The topological polar surface area (TPSA) is 80.7 Å². The lowest BCUT2D eigenvalue weighted by atomic mass is 10.1. The molecule has 30 heavy (non-hydrogen) atoms. The lowest BCUT2D eigenvalue weighted by Crippen LogP contribution is -2.36. The van der Waals surface area contributed by atoms with Gasteiger partial charge in [-0.25, -0.2) is 9.48 Å². The smallest absolute Gasteiger partial charge is 0.320 e. The van der Waals surface area contributed by atoms with E-state index in [1.54, 1.807) is 7.11 Å². The molecule has 0 spiro atoms. The van der Waals surface area contributed by atoms with Gasteiger partial charge in [0.2, 0.25) is 0 Å². The highest BCUT2D eigenvalue weighted by molar-refractivity contribution is 6.06. The van der Waals surface area contributed by atoms with Crippen LogP contribution in [0.25, 0.3) is 16.6 Å². The van der Waals surface area contributed by atoms with E-state index in [-0.39, 0.29) is 6.03 Å². The SMILES string of the molecule is CCCNC(=O)Nc1nn(-c2ccc(OC)cc2)c2cccc(N3CCOCC3)c12. The number of benzene rings is 2. The van der Waals surface area contributed by atoms with E-state index in [0.717, 1.165) is 47.5 Å². The Labute approximate surface area is 175 Å². The maximum atomic E-state index is 12.4. The number of urea groups is 1. The summed E-state index contributed by atoms with van der Waals surface area (Å²) in [5.74, 6) is 1.32. The maximum absolute atomic E-state index is 12.4. The third-order valence-electron chi connectivity index (χ3n) is 5.12. The first-order valence-corrected chi connectivity index (χ1v) is 10.2. The quantitative estimate of drug-likeness (QED) is 0.652. The highest BCUT2D eigenvalue weighted by Crippen LogP contribution is 2.35. The Bertz CT molecular complexity index is 1010. The van der Waals surface area contributed by atoms with Crippen molar-refractivity contribution in [2.24, 2.45) is 0 Å². The standard InChI is InChI=1S/C22H27N5O3/c1-3-11-23-22(28)24-21-20-18(26-12-14-30-15-13-26)5-4-6-19(20)27(25-21)16-7-9-17(29-2)10-8-16/h4-10H,3,11-15H2,1-2H3,(H2,23,24,25,28). The van der Waals surface area contributed by atoms with Gasteiger partial charge in [-0.05, 0) is 42.8 Å². The number of fused-ring (bicyclic) bond motifs is 1. The van der Waals surface area contributed by atoms with E-state index in [1.807, 2.05) is 48.0 Å². The van der Waals surface area contributed by atoms with Crippen molar-refractivity contribution in [1.82, 2.24) is 15.1 Å². The van der Waals surface area contributed by atoms with Gasteiger partial charge in [-0.1, -0.05) is 13.0 Å². The number of hydrogen-bond donors (Lipinski definition) is 2. The molecule has 1 fully saturated rings. The van der Waals surface area contributed by atoms with Crippen LogP contribution in [0.4, 0.5) is 16.3 Å². The van der Waals surface area contributed by atoms with Gasteiger partial charge in [0, 0.05) is 19.6 Å². The van der Waals surface area contributed by atoms with Crippen LogP contribution in [0.2, 0.25) is 0 Å². The number of hydrogen-bond acceptors (Lipinski definition) is 5. The van der Waals surface area contributed by atoms with Gasteiger partial charge < -0.3 is 19.7 Å². The number of aromatic nitrogens is 2.